The van der Waals surface area contributed by atoms with Gasteiger partial charge in [0, 0.05) is 30.4 Å². The van der Waals surface area contributed by atoms with E-state index in [9.17, 15) is 36.3 Å². The van der Waals surface area contributed by atoms with Crippen LogP contribution in [0.5, 0.6) is 0 Å². The zero-order valence-electron chi connectivity index (χ0n) is 24.4. The van der Waals surface area contributed by atoms with Crippen molar-refractivity contribution in [1.29, 1.82) is 0 Å². The fourth-order valence-electron chi connectivity index (χ4n) is 5.14. The molecule has 3 N–H and O–H groups in total. The minimum atomic E-state index is -4.81. The van der Waals surface area contributed by atoms with Crippen LogP contribution in [0.25, 0.3) is 27.9 Å². The van der Waals surface area contributed by atoms with Crippen molar-refractivity contribution in [2.24, 2.45) is 5.73 Å². The first-order valence-electron chi connectivity index (χ1n) is 13.9. The average Bonchev–Trinajstić information content (AvgIpc) is 3.82. The van der Waals surface area contributed by atoms with Crippen molar-refractivity contribution in [1.82, 2.24) is 29.9 Å². The van der Waals surface area contributed by atoms with E-state index in [4.69, 9.17) is 17.3 Å². The molecule has 4 aromatic heterocycles. The number of benzene rings is 2. The van der Waals surface area contributed by atoms with E-state index in [0.29, 0.717) is 26.7 Å². The highest BCUT2D eigenvalue weighted by Gasteiger charge is 2.41. The molecule has 1 atom stereocenters. The van der Waals surface area contributed by atoms with Crippen LogP contribution in [0.4, 0.5) is 30.7 Å². The van der Waals surface area contributed by atoms with Crippen LogP contribution in [-0.2, 0) is 12.6 Å². The van der Waals surface area contributed by atoms with Gasteiger partial charge in [-0.25, -0.2) is 13.5 Å². The Bertz CT molecular complexity index is 2200. The third kappa shape index (κ3) is 6.54. The van der Waals surface area contributed by atoms with E-state index in [2.05, 4.69) is 20.5 Å². The Morgan fingerprint density at radius 3 is 2.41 bits per heavy atom. The number of halogens is 8. The van der Waals surface area contributed by atoms with E-state index in [1.54, 1.807) is 0 Å². The number of aromatic nitrogens is 8. The zero-order chi connectivity index (χ0) is 35.2. The van der Waals surface area contributed by atoms with E-state index in [1.165, 1.54) is 53.5 Å². The standard InChI is InChI=1S/C30H19ClF7N9O2/c31-20-4-6-23(46-14-25(41-43-46)30(36,37)38)26(27(20)33)16-2-5-22(47(49)13-16)24(10-18-7-8-44(42-18)29(34)35)45-12-17(11-40-45)15-1-3-19(28(39)48)21(32)9-15/h1-9,11-14,24,29H,10H2,(H2,39,48)/p+1/t24-/m0/s1. The number of rotatable bonds is 9. The topological polar surface area (TPSA) is 138 Å². The number of nitrogens with zero attached hydrogens (tertiary/aromatic N) is 7. The van der Waals surface area contributed by atoms with Gasteiger partial charge in [-0.2, -0.15) is 36.9 Å². The van der Waals surface area contributed by atoms with Gasteiger partial charge >= 0.3 is 18.4 Å². The second-order valence-corrected chi connectivity index (χ2v) is 11.0. The van der Waals surface area contributed by atoms with Crippen LogP contribution < -0.4 is 15.1 Å². The Morgan fingerprint density at radius 1 is 1.02 bits per heavy atom. The van der Waals surface area contributed by atoms with Crippen LogP contribution in [0.3, 0.4) is 0 Å². The number of H-pyrrole nitrogens is 1. The molecule has 0 unspecified atom stereocenters. The summed E-state index contributed by atoms with van der Waals surface area (Å²) in [6.45, 7) is -2.94. The number of carbonyl (C=O) groups is 1. The number of carbonyl (C=O) groups excluding carboxylic acids is 1. The van der Waals surface area contributed by atoms with Crippen LogP contribution >= 0.6 is 11.6 Å². The number of nitrogens with two attached hydrogens (primary N) is 1. The summed E-state index contributed by atoms with van der Waals surface area (Å²) in [6.07, 6.45) is 0.439. The van der Waals surface area contributed by atoms with Crippen LogP contribution in [0.2, 0.25) is 5.02 Å². The molecule has 6 rings (SSSR count). The lowest BCUT2D eigenvalue weighted by atomic mass is 10.0. The fraction of sp³-hybridized carbons (Fsp3) is 0.133. The minimum absolute atomic E-state index is 0.0298. The number of aromatic amines is 1. The quantitative estimate of drug-likeness (QED) is 0.119. The van der Waals surface area contributed by atoms with Crippen molar-refractivity contribution in [3.63, 3.8) is 0 Å². The Morgan fingerprint density at radius 2 is 1.78 bits per heavy atom. The van der Waals surface area contributed by atoms with Crippen molar-refractivity contribution in [3.05, 3.63) is 124 Å². The fourth-order valence-corrected chi connectivity index (χ4v) is 5.30. The van der Waals surface area contributed by atoms with Crippen LogP contribution in [0, 0.1) is 16.8 Å². The molecule has 0 radical (unpaired) electrons. The zero-order valence-corrected chi connectivity index (χ0v) is 25.2. The molecular formula is C30H20ClF7N9O2+. The van der Waals surface area contributed by atoms with Crippen molar-refractivity contribution < 1.29 is 44.9 Å². The van der Waals surface area contributed by atoms with E-state index in [-0.39, 0.29) is 45.2 Å². The highest BCUT2D eigenvalue weighted by molar-refractivity contribution is 6.31. The van der Waals surface area contributed by atoms with Gasteiger partial charge in [-0.3, -0.25) is 9.48 Å². The first-order chi connectivity index (χ1) is 23.2. The van der Waals surface area contributed by atoms with Crippen molar-refractivity contribution in [2.75, 3.05) is 0 Å². The Hall–Kier alpha value is -5.78. The maximum absolute atomic E-state index is 15.5. The predicted octanol–water partition coefficient (Wildman–Crippen LogP) is 5.32. The molecule has 0 saturated heterocycles. The third-order valence-electron chi connectivity index (χ3n) is 7.48. The molecule has 49 heavy (non-hydrogen) atoms. The van der Waals surface area contributed by atoms with Crippen LogP contribution in [-0.4, -0.2) is 35.8 Å². The first kappa shape index (κ1) is 33.1. The smallest absolute Gasteiger partial charge is 0.464 e. The number of pyridine rings is 1. The molecule has 0 bridgehead atoms. The lowest BCUT2D eigenvalue weighted by Crippen LogP contribution is -2.37. The number of nitrogens with one attached hydrogen (secondary N) is 1. The molecule has 0 aliphatic rings. The maximum atomic E-state index is 15.5. The monoisotopic (exact) mass is 706 g/mol. The summed E-state index contributed by atoms with van der Waals surface area (Å²) in [4.78, 5) is 11.5. The van der Waals surface area contributed by atoms with Gasteiger partial charge in [0.2, 0.25) is 5.69 Å². The van der Waals surface area contributed by atoms with Gasteiger partial charge in [0.25, 0.3) is 5.91 Å². The highest BCUT2D eigenvalue weighted by atomic mass is 35.5. The molecule has 4 heterocycles. The number of hydrogen-bond donors (Lipinski definition) is 2. The summed E-state index contributed by atoms with van der Waals surface area (Å²) >= 11 is 6.01. The maximum Gasteiger partial charge on any atom is 0.464 e. The molecule has 0 saturated carbocycles. The molecule has 2 aromatic carbocycles. The van der Waals surface area contributed by atoms with Crippen molar-refractivity contribution >= 4 is 17.5 Å². The van der Waals surface area contributed by atoms with E-state index >= 15 is 4.39 Å². The van der Waals surface area contributed by atoms with E-state index < -0.39 is 42.0 Å². The molecule has 252 valence electrons. The molecule has 0 fully saturated rings. The summed E-state index contributed by atoms with van der Waals surface area (Å²) in [7, 11) is 0. The predicted molar refractivity (Wildman–Crippen MR) is 156 cm³/mol. The number of alkyl halides is 5. The van der Waals surface area contributed by atoms with Gasteiger partial charge in [-0.05, 0) is 42.0 Å². The lowest BCUT2D eigenvalue weighted by molar-refractivity contribution is -0.659. The third-order valence-corrected chi connectivity index (χ3v) is 7.77. The van der Waals surface area contributed by atoms with Crippen molar-refractivity contribution in [3.8, 4) is 27.9 Å². The van der Waals surface area contributed by atoms with Crippen molar-refractivity contribution in [2.45, 2.75) is 25.2 Å². The molecule has 0 spiro atoms. The normalized spacial score (nSPS) is 12.5. The van der Waals surface area contributed by atoms with Gasteiger partial charge < -0.3 is 10.9 Å². The molecule has 6 aromatic rings. The molecule has 0 aliphatic carbocycles. The Labute approximate surface area is 275 Å². The minimum Gasteiger partial charge on any atom is -0.618 e. The second kappa shape index (κ2) is 12.7. The molecule has 19 heteroatoms. The Balaban J connectivity index is 1.42. The van der Waals surface area contributed by atoms with E-state index in [1.807, 2.05) is 0 Å². The van der Waals surface area contributed by atoms with Crippen LogP contribution in [0.1, 0.15) is 40.0 Å². The number of primary amides is 1. The Kier molecular flexibility index (Phi) is 8.57. The van der Waals surface area contributed by atoms with Gasteiger partial charge in [-0.1, -0.05) is 22.9 Å². The number of hydrogen-bond acceptors (Lipinski definition) is 5. The second-order valence-electron chi connectivity index (χ2n) is 10.6. The van der Waals surface area contributed by atoms with Crippen LogP contribution in [0.15, 0.2) is 79.5 Å². The lowest BCUT2D eigenvalue weighted by Gasteiger charge is -2.17. The first-order valence-corrected chi connectivity index (χ1v) is 14.3. The molecule has 0 aliphatic heterocycles. The summed E-state index contributed by atoms with van der Waals surface area (Å²) in [5, 5.41) is 26.8. The molecule has 1 amide bonds. The molecule has 11 nitrogen and oxygen atoms in total. The molecular weight excluding hydrogens is 687 g/mol. The highest BCUT2D eigenvalue weighted by Crippen LogP contribution is 2.33. The van der Waals surface area contributed by atoms with Gasteiger partial charge in [-0.15, -0.1) is 4.68 Å². The van der Waals surface area contributed by atoms with E-state index in [0.717, 1.165) is 29.2 Å². The summed E-state index contributed by atoms with van der Waals surface area (Å²) in [5.74, 6) is -2.89. The van der Waals surface area contributed by atoms with Gasteiger partial charge in [0.15, 0.2) is 23.9 Å². The SMILES string of the molecule is NC(=O)c1ccc(-c2cnn([C@@H](Cc3ccn(C(F)F)n3)c3ccc(-c4c(-[n+]5cc(C(F)(F)F)n[nH]5)ccc(Cl)c4F)c[n+]3[O-])c2)cc1F. The summed E-state index contributed by atoms with van der Waals surface area (Å²) in [6, 6.07) is 8.93. The summed E-state index contributed by atoms with van der Waals surface area (Å²) in [5.41, 5.74) is 3.76. The van der Waals surface area contributed by atoms with Gasteiger partial charge in [0.1, 0.15) is 11.9 Å². The number of amides is 1. The average molecular weight is 707 g/mol. The largest absolute Gasteiger partial charge is 0.618 e. The van der Waals surface area contributed by atoms with Gasteiger partial charge in [0.05, 0.1) is 38.7 Å². The summed E-state index contributed by atoms with van der Waals surface area (Å²) < 4.78 is 99.2.